The van der Waals surface area contributed by atoms with Crippen LogP contribution >= 0.6 is 0 Å². The molecule has 0 unspecified atom stereocenters. The standard InChI is InChI=1S/C16H23N3O3S/c1-11(2)22-14-5-7-15(8-6-14)23(20,21)17-10-9-16-12(3)18-19-13(16)4/h5-8,11,17H,9-10H2,1-4H3,(H,18,19). The molecule has 0 aliphatic carbocycles. The maximum absolute atomic E-state index is 12.3. The number of aromatic nitrogens is 2. The highest BCUT2D eigenvalue weighted by atomic mass is 32.2. The normalized spacial score (nSPS) is 11.9. The van der Waals surface area contributed by atoms with Gasteiger partial charge in [-0.05, 0) is 63.9 Å². The van der Waals surface area contributed by atoms with Gasteiger partial charge in [0.2, 0.25) is 10.0 Å². The molecule has 1 aromatic carbocycles. The molecule has 0 bridgehead atoms. The summed E-state index contributed by atoms with van der Waals surface area (Å²) in [7, 11) is -3.52. The van der Waals surface area contributed by atoms with Gasteiger partial charge in [-0.25, -0.2) is 13.1 Å². The van der Waals surface area contributed by atoms with Gasteiger partial charge in [-0.15, -0.1) is 0 Å². The molecule has 0 saturated heterocycles. The minimum Gasteiger partial charge on any atom is -0.491 e. The second-order valence-corrected chi connectivity index (χ2v) is 7.47. The van der Waals surface area contributed by atoms with Crippen LogP contribution in [0, 0.1) is 13.8 Å². The lowest BCUT2D eigenvalue weighted by molar-refractivity contribution is 0.242. The van der Waals surface area contributed by atoms with Crippen LogP contribution in [0.4, 0.5) is 0 Å². The molecule has 1 aromatic heterocycles. The summed E-state index contributed by atoms with van der Waals surface area (Å²) < 4.78 is 32.7. The summed E-state index contributed by atoms with van der Waals surface area (Å²) in [5.74, 6) is 0.656. The Labute approximate surface area is 137 Å². The van der Waals surface area contributed by atoms with E-state index >= 15 is 0 Å². The zero-order valence-electron chi connectivity index (χ0n) is 13.9. The number of H-pyrrole nitrogens is 1. The van der Waals surface area contributed by atoms with Crippen molar-refractivity contribution < 1.29 is 13.2 Å². The Morgan fingerprint density at radius 1 is 1.22 bits per heavy atom. The molecule has 2 aromatic rings. The van der Waals surface area contributed by atoms with Gasteiger partial charge in [-0.1, -0.05) is 0 Å². The first-order valence-corrected chi connectivity index (χ1v) is 9.04. The first-order valence-electron chi connectivity index (χ1n) is 7.56. The van der Waals surface area contributed by atoms with E-state index in [-0.39, 0.29) is 11.0 Å². The lowest BCUT2D eigenvalue weighted by Crippen LogP contribution is -2.26. The Balaban J connectivity index is 1.99. The summed E-state index contributed by atoms with van der Waals surface area (Å²) >= 11 is 0. The summed E-state index contributed by atoms with van der Waals surface area (Å²) in [4.78, 5) is 0.231. The number of aromatic amines is 1. The van der Waals surface area contributed by atoms with Crippen molar-refractivity contribution in [2.75, 3.05) is 6.54 Å². The van der Waals surface area contributed by atoms with Crippen LogP contribution < -0.4 is 9.46 Å². The molecule has 2 N–H and O–H groups in total. The Hall–Kier alpha value is -1.86. The fraction of sp³-hybridized carbons (Fsp3) is 0.438. The molecule has 0 amide bonds. The van der Waals surface area contributed by atoms with Gasteiger partial charge >= 0.3 is 0 Å². The van der Waals surface area contributed by atoms with Gasteiger partial charge in [-0.2, -0.15) is 5.10 Å². The molecule has 0 saturated carbocycles. The van der Waals surface area contributed by atoms with Gasteiger partial charge < -0.3 is 4.74 Å². The Kier molecular flexibility index (Phi) is 5.43. The molecule has 2 rings (SSSR count). The first-order chi connectivity index (χ1) is 10.8. The van der Waals surface area contributed by atoms with Gasteiger partial charge in [0.1, 0.15) is 5.75 Å². The third-order valence-electron chi connectivity index (χ3n) is 3.45. The predicted octanol–water partition coefficient (Wildman–Crippen LogP) is 2.33. The Morgan fingerprint density at radius 3 is 2.39 bits per heavy atom. The SMILES string of the molecule is Cc1n[nH]c(C)c1CCNS(=O)(=O)c1ccc(OC(C)C)cc1. The number of nitrogens with zero attached hydrogens (tertiary/aromatic N) is 1. The second-order valence-electron chi connectivity index (χ2n) is 5.70. The molecule has 0 radical (unpaired) electrons. The number of hydrogen-bond acceptors (Lipinski definition) is 4. The van der Waals surface area contributed by atoms with Gasteiger partial charge in [0, 0.05) is 12.2 Å². The minimum absolute atomic E-state index is 0.0528. The Morgan fingerprint density at radius 2 is 1.87 bits per heavy atom. The average Bonchev–Trinajstić information content (AvgIpc) is 2.79. The highest BCUT2D eigenvalue weighted by Crippen LogP contribution is 2.17. The van der Waals surface area contributed by atoms with Crippen molar-refractivity contribution in [3.05, 3.63) is 41.2 Å². The number of nitrogens with one attached hydrogen (secondary N) is 2. The molecule has 0 spiro atoms. The number of aryl methyl sites for hydroxylation is 2. The molecular weight excluding hydrogens is 314 g/mol. The topological polar surface area (TPSA) is 84.1 Å². The van der Waals surface area contributed by atoms with Gasteiger partial charge in [-0.3, -0.25) is 5.10 Å². The molecule has 23 heavy (non-hydrogen) atoms. The van der Waals surface area contributed by atoms with E-state index in [1.807, 2.05) is 27.7 Å². The van der Waals surface area contributed by atoms with Crippen molar-refractivity contribution in [3.63, 3.8) is 0 Å². The highest BCUT2D eigenvalue weighted by Gasteiger charge is 2.14. The Bertz CT molecular complexity index is 730. The zero-order chi connectivity index (χ0) is 17.0. The van der Waals surface area contributed by atoms with E-state index in [1.165, 1.54) is 0 Å². The lowest BCUT2D eigenvalue weighted by Gasteiger charge is -2.11. The largest absolute Gasteiger partial charge is 0.491 e. The quantitative estimate of drug-likeness (QED) is 0.812. The van der Waals surface area contributed by atoms with Crippen LogP contribution in [0.5, 0.6) is 5.75 Å². The van der Waals surface area contributed by atoms with E-state index in [9.17, 15) is 8.42 Å². The molecule has 126 valence electrons. The third-order valence-corrected chi connectivity index (χ3v) is 4.93. The summed E-state index contributed by atoms with van der Waals surface area (Å²) in [5, 5.41) is 7.00. The van der Waals surface area contributed by atoms with Crippen molar-refractivity contribution in [1.29, 1.82) is 0 Å². The molecule has 1 heterocycles. The number of sulfonamides is 1. The van der Waals surface area contributed by atoms with Crippen LogP contribution in [0.15, 0.2) is 29.2 Å². The average molecular weight is 337 g/mol. The van der Waals surface area contributed by atoms with Gasteiger partial charge in [0.05, 0.1) is 16.7 Å². The highest BCUT2D eigenvalue weighted by molar-refractivity contribution is 7.89. The first kappa shape index (κ1) is 17.5. The predicted molar refractivity (Wildman–Crippen MR) is 89.2 cm³/mol. The summed E-state index contributed by atoms with van der Waals surface area (Å²) in [5.41, 5.74) is 2.92. The fourth-order valence-corrected chi connectivity index (χ4v) is 3.34. The number of hydrogen-bond donors (Lipinski definition) is 2. The van der Waals surface area contributed by atoms with Crippen molar-refractivity contribution in [2.45, 2.75) is 45.1 Å². The number of ether oxygens (including phenoxy) is 1. The minimum atomic E-state index is -3.52. The van der Waals surface area contributed by atoms with E-state index in [0.717, 1.165) is 17.0 Å². The lowest BCUT2D eigenvalue weighted by atomic mass is 10.1. The number of benzene rings is 1. The van der Waals surface area contributed by atoms with Crippen molar-refractivity contribution in [2.24, 2.45) is 0 Å². The van der Waals surface area contributed by atoms with Crippen LogP contribution in [-0.2, 0) is 16.4 Å². The zero-order valence-corrected chi connectivity index (χ0v) is 14.7. The van der Waals surface area contributed by atoms with Gasteiger partial charge in [0.15, 0.2) is 0 Å². The van der Waals surface area contributed by atoms with Gasteiger partial charge in [0.25, 0.3) is 0 Å². The van der Waals surface area contributed by atoms with Crippen LogP contribution in [0.1, 0.15) is 30.8 Å². The van der Waals surface area contributed by atoms with E-state index in [2.05, 4.69) is 14.9 Å². The molecular formula is C16H23N3O3S. The smallest absolute Gasteiger partial charge is 0.240 e. The van der Waals surface area contributed by atoms with Crippen molar-refractivity contribution >= 4 is 10.0 Å². The van der Waals surface area contributed by atoms with E-state index in [0.29, 0.717) is 18.7 Å². The number of rotatable bonds is 7. The van der Waals surface area contributed by atoms with E-state index in [4.69, 9.17) is 4.74 Å². The summed E-state index contributed by atoms with van der Waals surface area (Å²) in [6.45, 7) is 8.00. The molecule has 0 aliphatic heterocycles. The molecule has 0 aliphatic rings. The van der Waals surface area contributed by atoms with Crippen LogP contribution in [-0.4, -0.2) is 31.3 Å². The maximum atomic E-state index is 12.3. The summed E-state index contributed by atoms with van der Waals surface area (Å²) in [6.07, 6.45) is 0.652. The van der Waals surface area contributed by atoms with Crippen LogP contribution in [0.2, 0.25) is 0 Å². The van der Waals surface area contributed by atoms with Crippen LogP contribution in [0.3, 0.4) is 0 Å². The fourth-order valence-electron chi connectivity index (χ4n) is 2.31. The van der Waals surface area contributed by atoms with E-state index < -0.39 is 10.0 Å². The van der Waals surface area contributed by atoms with Crippen LogP contribution in [0.25, 0.3) is 0 Å². The molecule has 0 atom stereocenters. The van der Waals surface area contributed by atoms with Crippen molar-refractivity contribution in [3.8, 4) is 5.75 Å². The maximum Gasteiger partial charge on any atom is 0.240 e. The second kappa shape index (κ2) is 7.14. The molecule has 0 fully saturated rings. The third kappa shape index (κ3) is 4.56. The summed E-state index contributed by atoms with van der Waals surface area (Å²) in [6, 6.07) is 6.43. The molecule has 6 nitrogen and oxygen atoms in total. The monoisotopic (exact) mass is 337 g/mol. The van der Waals surface area contributed by atoms with E-state index in [1.54, 1.807) is 24.3 Å². The molecule has 7 heteroatoms. The van der Waals surface area contributed by atoms with Crippen molar-refractivity contribution in [1.82, 2.24) is 14.9 Å².